The lowest BCUT2D eigenvalue weighted by Crippen LogP contribution is -2.39. The van der Waals surface area contributed by atoms with Gasteiger partial charge in [-0.2, -0.15) is 0 Å². The summed E-state index contributed by atoms with van der Waals surface area (Å²) in [4.78, 5) is 39.1. The zero-order chi connectivity index (χ0) is 35.9. The largest absolute Gasteiger partial charge is 0.501 e. The normalized spacial score (nSPS) is 14.4. The molecule has 5 aromatic rings. The van der Waals surface area contributed by atoms with E-state index in [0.717, 1.165) is 43.9 Å². The first-order valence-electron chi connectivity index (χ1n) is 16.7. The lowest BCUT2D eigenvalue weighted by atomic mass is 9.93. The molecule has 0 fully saturated rings. The molecule has 0 saturated carbocycles. The van der Waals surface area contributed by atoms with E-state index >= 15 is 0 Å². The summed E-state index contributed by atoms with van der Waals surface area (Å²) < 4.78 is 34.2. The van der Waals surface area contributed by atoms with Gasteiger partial charge in [0, 0.05) is 65.2 Å². The molecule has 0 saturated heterocycles. The number of amides is 2. The number of nitrogens with zero attached hydrogens (tertiary/aromatic N) is 5. The molecule has 2 aromatic carbocycles. The van der Waals surface area contributed by atoms with Crippen molar-refractivity contribution >= 4 is 33.4 Å². The minimum Gasteiger partial charge on any atom is -0.501 e. The molecule has 262 valence electrons. The molecule has 2 aliphatic rings. The minimum absolute atomic E-state index is 0.147. The lowest BCUT2D eigenvalue weighted by molar-refractivity contribution is -0.127. The highest BCUT2D eigenvalue weighted by Crippen LogP contribution is 2.46. The topological polar surface area (TPSA) is 99.0 Å². The maximum atomic E-state index is 14.7. The molecule has 2 amide bonds. The zero-order valence-electron chi connectivity index (χ0n) is 28.9. The predicted octanol–water partition coefficient (Wildman–Crippen LogP) is 7.95. The molecule has 0 bridgehead atoms. The molecule has 10 nitrogen and oxygen atoms in total. The average molecular weight is 708 g/mol. The number of halogens is 1. The lowest BCUT2D eigenvalue weighted by Gasteiger charge is -2.31. The van der Waals surface area contributed by atoms with Gasteiger partial charge in [-0.1, -0.05) is 18.7 Å². The Bertz CT molecular complexity index is 2200. The summed E-state index contributed by atoms with van der Waals surface area (Å²) in [7, 11) is 1.50. The number of methoxy groups -OCH3 is 1. The van der Waals surface area contributed by atoms with Crippen molar-refractivity contribution < 1.29 is 28.2 Å². The molecule has 5 heterocycles. The smallest absolute Gasteiger partial charge is 0.410 e. The van der Waals surface area contributed by atoms with Gasteiger partial charge in [0.05, 0.1) is 19.3 Å². The van der Waals surface area contributed by atoms with Crippen molar-refractivity contribution in [2.45, 2.75) is 52.4 Å². The van der Waals surface area contributed by atoms with E-state index in [2.05, 4.69) is 18.7 Å². The van der Waals surface area contributed by atoms with Crippen LogP contribution in [0.2, 0.25) is 0 Å². The van der Waals surface area contributed by atoms with Gasteiger partial charge in [0.25, 0.3) is 0 Å². The van der Waals surface area contributed by atoms with Crippen molar-refractivity contribution in [2.24, 2.45) is 0 Å². The summed E-state index contributed by atoms with van der Waals surface area (Å²) in [5.74, 6) is 0.431. The van der Waals surface area contributed by atoms with Crippen molar-refractivity contribution in [1.29, 1.82) is 0 Å². The van der Waals surface area contributed by atoms with Crippen LogP contribution < -0.4 is 4.74 Å². The Balaban J connectivity index is 1.37. The fourth-order valence-corrected chi connectivity index (χ4v) is 7.46. The molecule has 0 N–H and O–H groups in total. The Kier molecular flexibility index (Phi) is 9.11. The zero-order valence-corrected chi connectivity index (χ0v) is 29.8. The number of imidazole rings is 1. The second kappa shape index (κ2) is 13.7. The number of hydrogen-bond acceptors (Lipinski definition) is 8. The van der Waals surface area contributed by atoms with Gasteiger partial charge in [0.1, 0.15) is 46.9 Å². The molecule has 51 heavy (non-hydrogen) atoms. The van der Waals surface area contributed by atoms with Crippen LogP contribution in [0, 0.1) is 5.82 Å². The van der Waals surface area contributed by atoms with Crippen molar-refractivity contribution in [3.05, 3.63) is 102 Å². The van der Waals surface area contributed by atoms with E-state index in [1.54, 1.807) is 27.2 Å². The highest BCUT2D eigenvalue weighted by atomic mass is 32.1. The molecule has 2 aliphatic heterocycles. The average Bonchev–Trinajstić information content (AvgIpc) is 3.77. The molecule has 7 rings (SSSR count). The van der Waals surface area contributed by atoms with Crippen molar-refractivity contribution in [1.82, 2.24) is 24.3 Å². The van der Waals surface area contributed by atoms with E-state index < -0.39 is 11.4 Å². The minimum atomic E-state index is -0.569. The fraction of sp³-hybridized carbons (Fsp3) is 0.282. The van der Waals surface area contributed by atoms with Gasteiger partial charge in [0.15, 0.2) is 0 Å². The van der Waals surface area contributed by atoms with Gasteiger partial charge in [-0.3, -0.25) is 4.79 Å². The summed E-state index contributed by atoms with van der Waals surface area (Å²) in [6.07, 6.45) is 6.38. The highest BCUT2D eigenvalue weighted by Gasteiger charge is 2.29. The summed E-state index contributed by atoms with van der Waals surface area (Å²) in [6, 6.07) is 12.7. The summed E-state index contributed by atoms with van der Waals surface area (Å²) in [5.41, 5.74) is 5.97. The third kappa shape index (κ3) is 6.83. The van der Waals surface area contributed by atoms with E-state index in [0.29, 0.717) is 61.8 Å². The maximum absolute atomic E-state index is 14.7. The molecule has 0 aliphatic carbocycles. The van der Waals surface area contributed by atoms with Gasteiger partial charge in [-0.25, -0.2) is 19.2 Å². The molecule has 12 heteroatoms. The van der Waals surface area contributed by atoms with Crippen LogP contribution in [0.4, 0.5) is 9.18 Å². The molecule has 0 unspecified atom stereocenters. The number of hydrogen-bond donors (Lipinski definition) is 0. The van der Waals surface area contributed by atoms with Crippen LogP contribution >= 0.6 is 11.3 Å². The Hall–Kier alpha value is -5.49. The molecule has 0 spiro atoms. The number of pyridine rings is 1. The second-order valence-corrected chi connectivity index (χ2v) is 14.4. The monoisotopic (exact) mass is 707 g/mol. The number of aromatic nitrogens is 3. The van der Waals surface area contributed by atoms with E-state index in [-0.39, 0.29) is 12.0 Å². The van der Waals surface area contributed by atoms with Crippen LogP contribution in [0.5, 0.6) is 5.75 Å². The SMILES string of the molecule is C=CC(=O)N1CCn2cc(-c3nc(-c4ccc5c(c4)CCN(C(=O)OC(C)(C)C)C5)c4ccsc4c3-c3ccc(F)cc3O/C=C/OC)nc2C1. The molecular weight excluding hydrogens is 670 g/mol. The Morgan fingerprint density at radius 3 is 2.59 bits per heavy atom. The first-order chi connectivity index (χ1) is 24.5. The number of carbonyl (C=O) groups excluding carboxylic acids is 2. The molecular formula is C39H38FN5O5S. The van der Waals surface area contributed by atoms with Crippen molar-refractivity contribution in [3.8, 4) is 39.5 Å². The number of benzene rings is 2. The Labute approximate surface area is 299 Å². The quantitative estimate of drug-likeness (QED) is 0.125. The standard InChI is InChI=1S/C39H38FN5O5S/c1-6-33(46)44-15-14-43-22-30(41-32(43)23-44)36-34(28-10-9-27(40)20-31(28)49-17-16-48-5)37-29(12-18-51-37)35(42-36)25-7-8-26-21-45(13-11-24(26)19-25)38(47)50-39(2,3)4/h6-10,12,16-20,22H,1,11,13-15,21,23H2,2-5H3/b17-16+. The van der Waals surface area contributed by atoms with Gasteiger partial charge >= 0.3 is 6.09 Å². The number of carbonyl (C=O) groups is 2. The van der Waals surface area contributed by atoms with Gasteiger partial charge in [-0.05, 0) is 74.0 Å². The third-order valence-corrected chi connectivity index (χ3v) is 9.81. The number of fused-ring (bicyclic) bond motifs is 3. The summed E-state index contributed by atoms with van der Waals surface area (Å²) in [6.45, 7) is 11.7. The Morgan fingerprint density at radius 2 is 1.80 bits per heavy atom. The van der Waals surface area contributed by atoms with Gasteiger partial charge in [0.2, 0.25) is 5.91 Å². The molecule has 3 aromatic heterocycles. The van der Waals surface area contributed by atoms with Crippen molar-refractivity contribution in [2.75, 3.05) is 20.2 Å². The number of ether oxygens (including phenoxy) is 3. The second-order valence-electron chi connectivity index (χ2n) is 13.4. The number of thiophene rings is 1. The highest BCUT2D eigenvalue weighted by molar-refractivity contribution is 7.18. The van der Waals surface area contributed by atoms with Crippen LogP contribution in [0.25, 0.3) is 43.9 Å². The van der Waals surface area contributed by atoms with E-state index in [1.807, 2.05) is 49.0 Å². The first-order valence-corrected chi connectivity index (χ1v) is 17.5. The molecule has 0 radical (unpaired) electrons. The summed E-state index contributed by atoms with van der Waals surface area (Å²) >= 11 is 1.56. The van der Waals surface area contributed by atoms with Crippen LogP contribution in [0.3, 0.4) is 0 Å². The third-order valence-electron chi connectivity index (χ3n) is 8.88. The van der Waals surface area contributed by atoms with Crippen LogP contribution in [-0.2, 0) is 40.3 Å². The van der Waals surface area contributed by atoms with Gasteiger partial charge < -0.3 is 28.6 Å². The van der Waals surface area contributed by atoms with Crippen molar-refractivity contribution in [3.63, 3.8) is 0 Å². The fourth-order valence-electron chi connectivity index (χ4n) is 6.50. The van der Waals surface area contributed by atoms with Gasteiger partial charge in [-0.15, -0.1) is 11.3 Å². The number of rotatable bonds is 7. The van der Waals surface area contributed by atoms with E-state index in [1.165, 1.54) is 37.8 Å². The maximum Gasteiger partial charge on any atom is 0.410 e. The van der Waals surface area contributed by atoms with E-state index in [9.17, 15) is 14.0 Å². The Morgan fingerprint density at radius 1 is 0.961 bits per heavy atom. The summed E-state index contributed by atoms with van der Waals surface area (Å²) in [5, 5.41) is 2.95. The van der Waals surface area contributed by atoms with Crippen LogP contribution in [-0.4, -0.2) is 62.1 Å². The predicted molar refractivity (Wildman–Crippen MR) is 194 cm³/mol. The van der Waals surface area contributed by atoms with Crippen LogP contribution in [0.1, 0.15) is 37.7 Å². The first kappa shape index (κ1) is 34.0. The molecule has 0 atom stereocenters. The van der Waals surface area contributed by atoms with E-state index in [4.69, 9.17) is 24.2 Å². The van der Waals surface area contributed by atoms with Crippen LogP contribution in [0.15, 0.2) is 79.2 Å².